The van der Waals surface area contributed by atoms with Crippen LogP contribution in [0.2, 0.25) is 0 Å². The molecule has 0 fully saturated rings. The fourth-order valence-corrected chi connectivity index (χ4v) is 2.89. The number of aryl methyl sites for hydroxylation is 1. The molecule has 8 nitrogen and oxygen atoms in total. The van der Waals surface area contributed by atoms with Gasteiger partial charge in [0.2, 0.25) is 0 Å². The molecule has 0 aliphatic heterocycles. The Labute approximate surface area is 172 Å². The molecular weight excluding hydrogens is 366 g/mol. The standard InChI is InChI=1S/C21H29N7O/c1-14(2)12-28(24)21(27-23)17-7-15(3)8-19(9-17)29-13-16(4)26-20-5-6-25-11-18(20)10-22/h5-9,11,14,16H,12-13,23-24H2,1-4H3,(H,25,26)/b27-21-/t16-/m0/s1. The summed E-state index contributed by atoms with van der Waals surface area (Å²) < 4.78 is 5.97. The number of rotatable bonds is 8. The van der Waals surface area contributed by atoms with E-state index in [2.05, 4.69) is 35.3 Å². The van der Waals surface area contributed by atoms with Crippen LogP contribution in [0.5, 0.6) is 5.75 Å². The lowest BCUT2D eigenvalue weighted by Crippen LogP contribution is -2.41. The maximum absolute atomic E-state index is 9.18. The molecule has 1 aromatic carbocycles. The van der Waals surface area contributed by atoms with Crippen LogP contribution >= 0.6 is 0 Å². The van der Waals surface area contributed by atoms with Gasteiger partial charge in [0.05, 0.1) is 17.3 Å². The largest absolute Gasteiger partial charge is 0.491 e. The Morgan fingerprint density at radius 1 is 1.34 bits per heavy atom. The lowest BCUT2D eigenvalue weighted by Gasteiger charge is -2.23. The number of aromatic nitrogens is 1. The summed E-state index contributed by atoms with van der Waals surface area (Å²) in [6.07, 6.45) is 3.18. The Balaban J connectivity index is 2.09. The number of hydrazone groups is 1. The number of nitrogens with two attached hydrogens (primary N) is 2. The molecule has 0 radical (unpaired) electrons. The molecule has 1 aromatic heterocycles. The molecule has 29 heavy (non-hydrogen) atoms. The molecule has 1 heterocycles. The first-order valence-electron chi connectivity index (χ1n) is 9.49. The molecule has 2 rings (SSSR count). The SMILES string of the molecule is Cc1cc(OC[C@H](C)Nc2ccncc2C#N)cc(/C(=N/N)N(N)CC(C)C)c1. The van der Waals surface area contributed by atoms with E-state index in [9.17, 15) is 5.26 Å². The Bertz CT molecular complexity index is 889. The van der Waals surface area contributed by atoms with E-state index in [4.69, 9.17) is 16.4 Å². The zero-order chi connectivity index (χ0) is 21.4. The average molecular weight is 396 g/mol. The first-order valence-corrected chi connectivity index (χ1v) is 9.49. The van der Waals surface area contributed by atoms with Crippen molar-refractivity contribution in [3.63, 3.8) is 0 Å². The number of nitriles is 1. The summed E-state index contributed by atoms with van der Waals surface area (Å²) in [5.41, 5.74) is 3.04. The van der Waals surface area contributed by atoms with Gasteiger partial charge in [-0.3, -0.25) is 9.99 Å². The van der Waals surface area contributed by atoms with Gasteiger partial charge >= 0.3 is 0 Å². The molecule has 2 aromatic rings. The van der Waals surface area contributed by atoms with E-state index in [1.54, 1.807) is 17.3 Å². The van der Waals surface area contributed by atoms with Gasteiger partial charge in [-0.1, -0.05) is 13.8 Å². The average Bonchev–Trinajstić information content (AvgIpc) is 2.66. The minimum absolute atomic E-state index is 0.0249. The number of ether oxygens (including phenoxy) is 1. The fraction of sp³-hybridized carbons (Fsp3) is 0.381. The van der Waals surface area contributed by atoms with Crippen LogP contribution in [0.3, 0.4) is 0 Å². The second-order valence-corrected chi connectivity index (χ2v) is 7.42. The monoisotopic (exact) mass is 395 g/mol. The normalized spacial score (nSPS) is 12.4. The number of benzene rings is 1. The zero-order valence-electron chi connectivity index (χ0n) is 17.4. The van der Waals surface area contributed by atoms with Gasteiger partial charge in [-0.05, 0) is 49.6 Å². The van der Waals surface area contributed by atoms with Gasteiger partial charge in [-0.2, -0.15) is 10.4 Å². The van der Waals surface area contributed by atoms with Crippen molar-refractivity contribution in [1.29, 1.82) is 5.26 Å². The topological polar surface area (TPSA) is 126 Å². The molecule has 0 aliphatic carbocycles. The van der Waals surface area contributed by atoms with Gasteiger partial charge in [0.15, 0.2) is 5.84 Å². The first kappa shape index (κ1) is 22.0. The third kappa shape index (κ3) is 6.36. The van der Waals surface area contributed by atoms with Crippen LogP contribution in [-0.4, -0.2) is 35.0 Å². The summed E-state index contributed by atoms with van der Waals surface area (Å²) in [4.78, 5) is 3.96. The number of hydrazine groups is 1. The second-order valence-electron chi connectivity index (χ2n) is 7.42. The maximum atomic E-state index is 9.18. The van der Waals surface area contributed by atoms with E-state index in [1.807, 2.05) is 32.0 Å². The highest BCUT2D eigenvalue weighted by Crippen LogP contribution is 2.20. The van der Waals surface area contributed by atoms with E-state index in [0.717, 1.165) is 16.8 Å². The third-order valence-corrected chi connectivity index (χ3v) is 4.11. The highest BCUT2D eigenvalue weighted by atomic mass is 16.5. The molecule has 8 heteroatoms. The molecule has 0 spiro atoms. The summed E-state index contributed by atoms with van der Waals surface area (Å²) >= 11 is 0. The van der Waals surface area contributed by atoms with Crippen molar-refractivity contribution in [3.05, 3.63) is 53.3 Å². The number of amidine groups is 1. The van der Waals surface area contributed by atoms with Crippen molar-refractivity contribution in [3.8, 4) is 11.8 Å². The third-order valence-electron chi connectivity index (χ3n) is 4.11. The molecule has 0 unspecified atom stereocenters. The van der Waals surface area contributed by atoms with Gasteiger partial charge in [-0.15, -0.1) is 0 Å². The van der Waals surface area contributed by atoms with E-state index < -0.39 is 0 Å². The minimum atomic E-state index is -0.0249. The lowest BCUT2D eigenvalue weighted by atomic mass is 10.1. The van der Waals surface area contributed by atoms with Gasteiger partial charge in [0, 0.05) is 24.5 Å². The predicted octanol–water partition coefficient (Wildman–Crippen LogP) is 2.59. The predicted molar refractivity (Wildman–Crippen MR) is 115 cm³/mol. The molecular formula is C21H29N7O. The molecule has 1 atom stereocenters. The van der Waals surface area contributed by atoms with Crippen LogP contribution in [-0.2, 0) is 0 Å². The molecule has 0 bridgehead atoms. The lowest BCUT2D eigenvalue weighted by molar-refractivity contribution is 0.303. The van der Waals surface area contributed by atoms with Crippen LogP contribution < -0.4 is 21.7 Å². The highest BCUT2D eigenvalue weighted by Gasteiger charge is 2.14. The number of pyridine rings is 1. The van der Waals surface area contributed by atoms with Crippen molar-refractivity contribution in [2.45, 2.75) is 33.7 Å². The Morgan fingerprint density at radius 2 is 2.10 bits per heavy atom. The van der Waals surface area contributed by atoms with Gasteiger partial charge in [0.25, 0.3) is 0 Å². The van der Waals surface area contributed by atoms with E-state index in [-0.39, 0.29) is 6.04 Å². The smallest absolute Gasteiger partial charge is 0.169 e. The Hall–Kier alpha value is -3.31. The van der Waals surface area contributed by atoms with Crippen molar-refractivity contribution < 1.29 is 4.74 Å². The van der Waals surface area contributed by atoms with E-state index in [0.29, 0.717) is 36.2 Å². The van der Waals surface area contributed by atoms with Crippen LogP contribution in [0.15, 0.2) is 41.8 Å². The quantitative estimate of drug-likeness (QED) is 0.271. The molecule has 5 N–H and O–H groups in total. The number of nitrogens with zero attached hydrogens (tertiary/aromatic N) is 4. The van der Waals surface area contributed by atoms with Gasteiger partial charge < -0.3 is 15.9 Å². The summed E-state index contributed by atoms with van der Waals surface area (Å²) in [6.45, 7) is 9.15. The summed E-state index contributed by atoms with van der Waals surface area (Å²) in [5, 5.41) is 17.9. The van der Waals surface area contributed by atoms with Gasteiger partial charge in [-0.25, -0.2) is 5.84 Å². The number of nitrogens with one attached hydrogen (secondary N) is 1. The first-order chi connectivity index (χ1) is 13.8. The van der Waals surface area contributed by atoms with E-state index >= 15 is 0 Å². The molecule has 0 saturated carbocycles. The molecule has 0 aliphatic rings. The molecule has 0 saturated heterocycles. The van der Waals surface area contributed by atoms with Crippen molar-refractivity contribution in [1.82, 2.24) is 9.99 Å². The van der Waals surface area contributed by atoms with Gasteiger partial charge in [0.1, 0.15) is 18.4 Å². The second kappa shape index (κ2) is 10.3. The maximum Gasteiger partial charge on any atom is 0.169 e. The van der Waals surface area contributed by atoms with Crippen LogP contribution in [0.4, 0.5) is 5.69 Å². The number of hydrogen-bond donors (Lipinski definition) is 3. The molecule has 0 amide bonds. The fourth-order valence-electron chi connectivity index (χ4n) is 2.89. The Morgan fingerprint density at radius 3 is 2.76 bits per heavy atom. The Kier molecular flexibility index (Phi) is 7.80. The number of hydrogen-bond acceptors (Lipinski definition) is 7. The van der Waals surface area contributed by atoms with Crippen LogP contribution in [0.1, 0.15) is 37.5 Å². The molecule has 154 valence electrons. The summed E-state index contributed by atoms with van der Waals surface area (Å²) in [7, 11) is 0. The van der Waals surface area contributed by atoms with Crippen LogP contribution in [0.25, 0.3) is 0 Å². The summed E-state index contributed by atoms with van der Waals surface area (Å²) in [6, 6.07) is 9.66. The van der Waals surface area contributed by atoms with E-state index in [1.165, 1.54) is 6.20 Å². The minimum Gasteiger partial charge on any atom is -0.491 e. The number of anilines is 1. The van der Waals surface area contributed by atoms with Crippen LogP contribution in [0, 0.1) is 24.2 Å². The summed E-state index contributed by atoms with van der Waals surface area (Å²) in [5.74, 6) is 13.3. The zero-order valence-corrected chi connectivity index (χ0v) is 17.4. The van der Waals surface area contributed by atoms with Crippen molar-refractivity contribution in [2.75, 3.05) is 18.5 Å². The highest BCUT2D eigenvalue weighted by molar-refractivity contribution is 5.98. The van der Waals surface area contributed by atoms with Crippen molar-refractivity contribution in [2.24, 2.45) is 22.7 Å². The van der Waals surface area contributed by atoms with Crippen molar-refractivity contribution >= 4 is 11.5 Å².